The molecular weight excluding hydrogens is 290 g/mol. The molecule has 6 nitrogen and oxygen atoms in total. The zero-order chi connectivity index (χ0) is 15.3. The van der Waals surface area contributed by atoms with Gasteiger partial charge in [-0.1, -0.05) is 18.2 Å². The lowest BCUT2D eigenvalue weighted by molar-refractivity contribution is 0.397. The van der Waals surface area contributed by atoms with E-state index in [1.807, 2.05) is 0 Å². The predicted molar refractivity (Wildman–Crippen MR) is 81.1 cm³/mol. The van der Waals surface area contributed by atoms with Gasteiger partial charge in [0.05, 0.1) is 12.9 Å². The Bertz CT molecular complexity index is 700. The number of nitrogen functional groups attached to an aromatic ring is 1. The largest absolute Gasteiger partial charge is 0.481 e. The van der Waals surface area contributed by atoms with Gasteiger partial charge in [0.15, 0.2) is 0 Å². The first-order chi connectivity index (χ1) is 9.98. The molecule has 0 aliphatic heterocycles. The van der Waals surface area contributed by atoms with Crippen molar-refractivity contribution >= 4 is 15.7 Å². The molecular formula is C14H17N3O3S. The number of anilines is 1. The van der Waals surface area contributed by atoms with Gasteiger partial charge < -0.3 is 10.5 Å². The molecule has 0 atom stereocenters. The number of rotatable bonds is 6. The molecule has 1 heterocycles. The minimum atomic E-state index is -3.43. The van der Waals surface area contributed by atoms with Crippen molar-refractivity contribution in [2.75, 3.05) is 12.8 Å². The molecule has 0 fully saturated rings. The zero-order valence-corrected chi connectivity index (χ0v) is 12.4. The highest BCUT2D eigenvalue weighted by Gasteiger charge is 2.11. The molecule has 1 aromatic heterocycles. The van der Waals surface area contributed by atoms with E-state index in [0.717, 1.165) is 5.56 Å². The van der Waals surface area contributed by atoms with Crippen LogP contribution in [0.25, 0.3) is 0 Å². The average Bonchev–Trinajstić information content (AvgIpc) is 2.45. The summed E-state index contributed by atoms with van der Waals surface area (Å²) >= 11 is 0. The fraction of sp³-hybridized carbons (Fsp3) is 0.214. The number of aromatic nitrogens is 1. The molecule has 0 unspecified atom stereocenters. The van der Waals surface area contributed by atoms with Crippen LogP contribution in [0.4, 0.5) is 5.69 Å². The van der Waals surface area contributed by atoms with Gasteiger partial charge in [0.2, 0.25) is 15.9 Å². The van der Waals surface area contributed by atoms with E-state index < -0.39 is 10.0 Å². The summed E-state index contributed by atoms with van der Waals surface area (Å²) in [4.78, 5) is 4.02. The summed E-state index contributed by atoms with van der Waals surface area (Å²) in [6, 6.07) is 10.3. The molecule has 1 aromatic carbocycles. The number of methoxy groups -OCH3 is 1. The first-order valence-electron chi connectivity index (χ1n) is 6.29. The molecule has 0 saturated heterocycles. The molecule has 21 heavy (non-hydrogen) atoms. The molecule has 7 heteroatoms. The summed E-state index contributed by atoms with van der Waals surface area (Å²) in [5, 5.41) is 0. The number of hydrogen-bond acceptors (Lipinski definition) is 5. The van der Waals surface area contributed by atoms with Gasteiger partial charge in [0.25, 0.3) is 0 Å². The van der Waals surface area contributed by atoms with Crippen LogP contribution in [0.15, 0.2) is 42.6 Å². The van der Waals surface area contributed by atoms with Crippen molar-refractivity contribution in [2.24, 2.45) is 0 Å². The molecule has 0 aliphatic carbocycles. The minimum Gasteiger partial charge on any atom is -0.481 e. The third-order valence-electron chi connectivity index (χ3n) is 2.81. The quantitative estimate of drug-likeness (QED) is 0.784. The smallest absolute Gasteiger partial charge is 0.216 e. The van der Waals surface area contributed by atoms with Gasteiger partial charge in [-0.3, -0.25) is 0 Å². The Balaban J connectivity index is 1.97. The van der Waals surface area contributed by atoms with E-state index >= 15 is 0 Å². The van der Waals surface area contributed by atoms with E-state index in [1.54, 1.807) is 42.6 Å². The SMILES string of the molecule is COc1ccc(CNS(=O)(=O)Cc2cccc(N)c2)cn1. The lowest BCUT2D eigenvalue weighted by atomic mass is 10.2. The van der Waals surface area contributed by atoms with Gasteiger partial charge in [0, 0.05) is 24.5 Å². The van der Waals surface area contributed by atoms with E-state index in [9.17, 15) is 8.42 Å². The Morgan fingerprint density at radius 2 is 2.05 bits per heavy atom. The molecule has 0 spiro atoms. The van der Waals surface area contributed by atoms with Crippen molar-refractivity contribution in [3.05, 3.63) is 53.7 Å². The first kappa shape index (κ1) is 15.3. The van der Waals surface area contributed by atoms with Crippen molar-refractivity contribution in [1.29, 1.82) is 0 Å². The van der Waals surface area contributed by atoms with Gasteiger partial charge in [-0.15, -0.1) is 0 Å². The highest BCUT2D eigenvalue weighted by molar-refractivity contribution is 7.88. The van der Waals surface area contributed by atoms with Gasteiger partial charge in [0.1, 0.15) is 0 Å². The van der Waals surface area contributed by atoms with Crippen LogP contribution in [0, 0.1) is 0 Å². The van der Waals surface area contributed by atoms with Crippen LogP contribution in [0.5, 0.6) is 5.88 Å². The monoisotopic (exact) mass is 307 g/mol. The summed E-state index contributed by atoms with van der Waals surface area (Å²) in [6.45, 7) is 0.182. The number of hydrogen-bond donors (Lipinski definition) is 2. The van der Waals surface area contributed by atoms with Crippen LogP contribution < -0.4 is 15.2 Å². The average molecular weight is 307 g/mol. The number of nitrogens with zero attached hydrogens (tertiary/aromatic N) is 1. The summed E-state index contributed by atoms with van der Waals surface area (Å²) < 4.78 is 31.5. The maximum Gasteiger partial charge on any atom is 0.216 e. The third-order valence-corrected chi connectivity index (χ3v) is 4.11. The minimum absolute atomic E-state index is 0.110. The number of ether oxygens (including phenoxy) is 1. The number of nitrogens with two attached hydrogens (primary N) is 1. The second-order valence-electron chi connectivity index (χ2n) is 4.53. The van der Waals surface area contributed by atoms with E-state index in [4.69, 9.17) is 10.5 Å². The lowest BCUT2D eigenvalue weighted by Gasteiger charge is -2.07. The third kappa shape index (κ3) is 4.73. The van der Waals surface area contributed by atoms with Crippen molar-refractivity contribution in [1.82, 2.24) is 9.71 Å². The molecule has 0 aliphatic rings. The number of nitrogens with one attached hydrogen (secondary N) is 1. The van der Waals surface area contributed by atoms with Gasteiger partial charge in [-0.05, 0) is 23.3 Å². The van der Waals surface area contributed by atoms with Crippen molar-refractivity contribution in [2.45, 2.75) is 12.3 Å². The Morgan fingerprint density at radius 3 is 2.67 bits per heavy atom. The Kier molecular flexibility index (Phi) is 4.77. The fourth-order valence-electron chi connectivity index (χ4n) is 1.78. The molecule has 0 saturated carbocycles. The summed E-state index contributed by atoms with van der Waals surface area (Å²) in [6.07, 6.45) is 1.57. The second-order valence-corrected chi connectivity index (χ2v) is 6.34. The number of pyridine rings is 1. The van der Waals surface area contributed by atoms with Crippen molar-refractivity contribution in [3.63, 3.8) is 0 Å². The molecule has 0 amide bonds. The van der Waals surface area contributed by atoms with Crippen LogP contribution in [0.1, 0.15) is 11.1 Å². The topological polar surface area (TPSA) is 94.3 Å². The Labute approximate surface area is 124 Å². The molecule has 0 radical (unpaired) electrons. The van der Waals surface area contributed by atoms with Crippen LogP contribution in [0.3, 0.4) is 0 Å². The number of sulfonamides is 1. The first-order valence-corrected chi connectivity index (χ1v) is 7.94. The maximum atomic E-state index is 12.0. The van der Waals surface area contributed by atoms with E-state index in [-0.39, 0.29) is 12.3 Å². The van der Waals surface area contributed by atoms with Crippen molar-refractivity contribution in [3.8, 4) is 5.88 Å². The van der Waals surface area contributed by atoms with E-state index in [2.05, 4.69) is 9.71 Å². The normalized spacial score (nSPS) is 11.3. The standard InChI is InChI=1S/C14H17N3O3S/c1-20-14-6-5-12(8-16-14)9-17-21(18,19)10-11-3-2-4-13(15)7-11/h2-8,17H,9-10,15H2,1H3. The predicted octanol–water partition coefficient (Wildman–Crippen LogP) is 1.29. The fourth-order valence-corrected chi connectivity index (χ4v) is 2.89. The van der Waals surface area contributed by atoms with Crippen LogP contribution >= 0.6 is 0 Å². The summed E-state index contributed by atoms with van der Waals surface area (Å²) in [5.74, 6) is 0.378. The van der Waals surface area contributed by atoms with Gasteiger partial charge in [-0.2, -0.15) is 0 Å². The van der Waals surface area contributed by atoms with Gasteiger partial charge in [-0.25, -0.2) is 18.1 Å². The van der Waals surface area contributed by atoms with Gasteiger partial charge >= 0.3 is 0 Å². The Morgan fingerprint density at radius 1 is 1.24 bits per heavy atom. The molecule has 3 N–H and O–H groups in total. The maximum absolute atomic E-state index is 12.0. The van der Waals surface area contributed by atoms with Crippen molar-refractivity contribution < 1.29 is 13.2 Å². The molecule has 112 valence electrons. The van der Waals surface area contributed by atoms with E-state index in [0.29, 0.717) is 17.1 Å². The lowest BCUT2D eigenvalue weighted by Crippen LogP contribution is -2.24. The molecule has 2 rings (SSSR count). The second kappa shape index (κ2) is 6.55. The highest BCUT2D eigenvalue weighted by atomic mass is 32.2. The summed E-state index contributed by atoms with van der Waals surface area (Å²) in [5.41, 5.74) is 7.58. The number of benzene rings is 1. The molecule has 2 aromatic rings. The summed E-state index contributed by atoms with van der Waals surface area (Å²) in [7, 11) is -1.91. The van der Waals surface area contributed by atoms with E-state index in [1.165, 1.54) is 7.11 Å². The zero-order valence-electron chi connectivity index (χ0n) is 11.6. The highest BCUT2D eigenvalue weighted by Crippen LogP contribution is 2.11. The van der Waals surface area contributed by atoms with Crippen LogP contribution in [-0.2, 0) is 22.3 Å². The molecule has 0 bridgehead atoms. The van der Waals surface area contributed by atoms with Crippen LogP contribution in [0.2, 0.25) is 0 Å². The van der Waals surface area contributed by atoms with Crippen LogP contribution in [-0.4, -0.2) is 20.5 Å². The Hall–Kier alpha value is -2.12.